The first-order chi connectivity index (χ1) is 9.28. The highest BCUT2D eigenvalue weighted by Gasteiger charge is 2.26. The number of rotatable bonds is 4. The second-order valence-corrected chi connectivity index (χ2v) is 5.08. The summed E-state index contributed by atoms with van der Waals surface area (Å²) in [7, 11) is 1.63. The monoisotopic (exact) mass is 259 g/mol. The van der Waals surface area contributed by atoms with E-state index in [1.54, 1.807) is 19.2 Å². The van der Waals surface area contributed by atoms with E-state index in [4.69, 9.17) is 14.7 Å². The fourth-order valence-electron chi connectivity index (χ4n) is 2.78. The minimum absolute atomic E-state index is 0.234. The first-order valence-electron chi connectivity index (χ1n) is 7.03. The average molecular weight is 259 g/mol. The summed E-state index contributed by atoms with van der Waals surface area (Å²) in [6, 6.07) is 7.57. The van der Waals surface area contributed by atoms with Crippen LogP contribution < -0.4 is 9.47 Å². The van der Waals surface area contributed by atoms with Crippen molar-refractivity contribution < 1.29 is 9.47 Å². The molecule has 1 aromatic rings. The molecule has 19 heavy (non-hydrogen) atoms. The molecular formula is C16H21NO2. The quantitative estimate of drug-likeness (QED) is 0.823. The van der Waals surface area contributed by atoms with Crippen LogP contribution in [0.4, 0.5) is 0 Å². The minimum Gasteiger partial charge on any atom is -0.497 e. The van der Waals surface area contributed by atoms with Crippen molar-refractivity contribution in [2.75, 3.05) is 7.11 Å². The van der Waals surface area contributed by atoms with Gasteiger partial charge in [0.15, 0.2) is 0 Å². The molecule has 0 N–H and O–H groups in total. The summed E-state index contributed by atoms with van der Waals surface area (Å²) in [6.07, 6.45) is 6.19. The maximum absolute atomic E-state index is 9.16. The Balaban J connectivity index is 2.19. The van der Waals surface area contributed by atoms with Crippen LogP contribution in [0.1, 0.15) is 44.6 Å². The number of benzene rings is 1. The number of methoxy groups -OCH3 is 1. The van der Waals surface area contributed by atoms with Crippen LogP contribution in [0, 0.1) is 17.2 Å². The smallest absolute Gasteiger partial charge is 0.141 e. The van der Waals surface area contributed by atoms with Crippen molar-refractivity contribution in [3.05, 3.63) is 23.8 Å². The number of nitriles is 1. The maximum Gasteiger partial charge on any atom is 0.141 e. The Bertz CT molecular complexity index is 464. The molecule has 2 rings (SSSR count). The Morgan fingerprint density at radius 1 is 1.32 bits per heavy atom. The largest absolute Gasteiger partial charge is 0.497 e. The van der Waals surface area contributed by atoms with Gasteiger partial charge in [0.2, 0.25) is 0 Å². The molecule has 0 heterocycles. The van der Waals surface area contributed by atoms with E-state index in [2.05, 4.69) is 13.0 Å². The zero-order valence-corrected chi connectivity index (χ0v) is 11.7. The molecule has 3 nitrogen and oxygen atoms in total. The molecule has 0 aliphatic heterocycles. The van der Waals surface area contributed by atoms with Crippen molar-refractivity contribution in [2.24, 2.45) is 5.92 Å². The number of ether oxygens (including phenoxy) is 2. The van der Waals surface area contributed by atoms with Gasteiger partial charge in [-0.1, -0.05) is 13.3 Å². The molecule has 2 unspecified atom stereocenters. The third kappa shape index (κ3) is 3.20. The van der Waals surface area contributed by atoms with E-state index in [-0.39, 0.29) is 6.10 Å². The van der Waals surface area contributed by atoms with Crippen molar-refractivity contribution in [3.63, 3.8) is 0 Å². The molecule has 0 bridgehead atoms. The standard InChI is InChI=1S/C16H21NO2/c1-3-12-6-4-5-7-15(12)19-16-10-14(18-2)9-8-13(16)11-17/h8-10,12,15H,3-7H2,1-2H3. The van der Waals surface area contributed by atoms with E-state index < -0.39 is 0 Å². The van der Waals surface area contributed by atoms with Gasteiger partial charge in [-0.3, -0.25) is 0 Å². The van der Waals surface area contributed by atoms with E-state index in [1.165, 1.54) is 19.3 Å². The summed E-state index contributed by atoms with van der Waals surface area (Å²) < 4.78 is 11.3. The first-order valence-corrected chi connectivity index (χ1v) is 7.03. The Morgan fingerprint density at radius 2 is 2.11 bits per heavy atom. The van der Waals surface area contributed by atoms with Gasteiger partial charge in [-0.2, -0.15) is 5.26 Å². The van der Waals surface area contributed by atoms with Crippen molar-refractivity contribution in [3.8, 4) is 17.6 Å². The highest BCUT2D eigenvalue weighted by molar-refractivity contribution is 5.47. The molecule has 1 saturated carbocycles. The van der Waals surface area contributed by atoms with Gasteiger partial charge in [-0.25, -0.2) is 0 Å². The zero-order chi connectivity index (χ0) is 13.7. The average Bonchev–Trinajstić information content (AvgIpc) is 2.47. The van der Waals surface area contributed by atoms with E-state index in [0.717, 1.165) is 18.6 Å². The second-order valence-electron chi connectivity index (χ2n) is 5.08. The number of hydrogen-bond acceptors (Lipinski definition) is 3. The van der Waals surface area contributed by atoms with Gasteiger partial charge in [0.25, 0.3) is 0 Å². The second kappa shape index (κ2) is 6.47. The molecule has 0 aromatic heterocycles. The molecule has 1 aliphatic rings. The molecule has 1 aliphatic carbocycles. The van der Waals surface area contributed by atoms with Gasteiger partial charge >= 0.3 is 0 Å². The van der Waals surface area contributed by atoms with Crippen molar-refractivity contribution >= 4 is 0 Å². The van der Waals surface area contributed by atoms with Gasteiger partial charge < -0.3 is 9.47 Å². The van der Waals surface area contributed by atoms with E-state index in [0.29, 0.717) is 17.2 Å². The molecule has 2 atom stereocenters. The summed E-state index contributed by atoms with van der Waals surface area (Å²) in [5.41, 5.74) is 0.584. The Morgan fingerprint density at radius 3 is 2.79 bits per heavy atom. The third-order valence-electron chi connectivity index (χ3n) is 3.95. The highest BCUT2D eigenvalue weighted by Crippen LogP contribution is 2.33. The van der Waals surface area contributed by atoms with Crippen LogP contribution in [0.3, 0.4) is 0 Å². The van der Waals surface area contributed by atoms with Crippen molar-refractivity contribution in [2.45, 2.75) is 45.1 Å². The number of nitrogens with zero attached hydrogens (tertiary/aromatic N) is 1. The van der Waals surface area contributed by atoms with Gasteiger partial charge in [0.1, 0.15) is 23.7 Å². The van der Waals surface area contributed by atoms with E-state index in [9.17, 15) is 0 Å². The number of hydrogen-bond donors (Lipinski definition) is 0. The van der Waals surface area contributed by atoms with Gasteiger partial charge in [-0.15, -0.1) is 0 Å². The normalized spacial score (nSPS) is 22.6. The summed E-state index contributed by atoms with van der Waals surface area (Å²) in [4.78, 5) is 0. The molecule has 0 saturated heterocycles. The van der Waals surface area contributed by atoms with Crippen LogP contribution in [0.2, 0.25) is 0 Å². The molecule has 1 aromatic carbocycles. The van der Waals surface area contributed by atoms with Crippen molar-refractivity contribution in [1.29, 1.82) is 5.26 Å². The summed E-state index contributed by atoms with van der Waals surface area (Å²) in [6.45, 7) is 2.21. The van der Waals surface area contributed by atoms with Crippen LogP contribution in [0.15, 0.2) is 18.2 Å². The fourth-order valence-corrected chi connectivity index (χ4v) is 2.78. The maximum atomic E-state index is 9.16. The molecule has 3 heteroatoms. The van der Waals surface area contributed by atoms with Gasteiger partial charge in [0, 0.05) is 6.07 Å². The summed E-state index contributed by atoms with van der Waals surface area (Å²) in [5, 5.41) is 9.16. The fraction of sp³-hybridized carbons (Fsp3) is 0.562. The lowest BCUT2D eigenvalue weighted by molar-refractivity contribution is 0.0898. The molecule has 1 fully saturated rings. The zero-order valence-electron chi connectivity index (χ0n) is 11.7. The lowest BCUT2D eigenvalue weighted by Crippen LogP contribution is -2.30. The lowest BCUT2D eigenvalue weighted by Gasteiger charge is -2.31. The highest BCUT2D eigenvalue weighted by atomic mass is 16.5. The van der Waals surface area contributed by atoms with Crippen LogP contribution in [0.5, 0.6) is 11.5 Å². The van der Waals surface area contributed by atoms with Crippen LogP contribution in [-0.4, -0.2) is 13.2 Å². The van der Waals surface area contributed by atoms with Crippen LogP contribution in [-0.2, 0) is 0 Å². The Labute approximate surface area is 115 Å². The van der Waals surface area contributed by atoms with E-state index >= 15 is 0 Å². The predicted molar refractivity (Wildman–Crippen MR) is 74.4 cm³/mol. The van der Waals surface area contributed by atoms with Gasteiger partial charge in [0.05, 0.1) is 12.7 Å². The molecule has 102 valence electrons. The Kier molecular flexibility index (Phi) is 4.68. The predicted octanol–water partition coefficient (Wildman–Crippen LogP) is 3.91. The summed E-state index contributed by atoms with van der Waals surface area (Å²) >= 11 is 0. The topological polar surface area (TPSA) is 42.2 Å². The van der Waals surface area contributed by atoms with Crippen LogP contribution >= 0.6 is 0 Å². The first kappa shape index (κ1) is 13.7. The van der Waals surface area contributed by atoms with E-state index in [1.807, 2.05) is 6.07 Å². The third-order valence-corrected chi connectivity index (χ3v) is 3.95. The Hall–Kier alpha value is -1.69. The lowest BCUT2D eigenvalue weighted by atomic mass is 9.84. The SMILES string of the molecule is CCC1CCCCC1Oc1cc(OC)ccc1C#N. The molecule has 0 radical (unpaired) electrons. The van der Waals surface area contributed by atoms with Gasteiger partial charge in [-0.05, 0) is 43.7 Å². The van der Waals surface area contributed by atoms with Crippen molar-refractivity contribution in [1.82, 2.24) is 0 Å². The molecular weight excluding hydrogens is 238 g/mol. The van der Waals surface area contributed by atoms with Crippen LogP contribution in [0.25, 0.3) is 0 Å². The molecule has 0 amide bonds. The minimum atomic E-state index is 0.234. The summed E-state index contributed by atoms with van der Waals surface area (Å²) in [5.74, 6) is 2.00. The molecule has 0 spiro atoms.